The highest BCUT2D eigenvalue weighted by Gasteiger charge is 2.35. The minimum atomic E-state index is -1.72. The molecular weight excluding hydrogens is 895 g/mol. The van der Waals surface area contributed by atoms with Crippen molar-refractivity contribution >= 4 is 65.9 Å². The quantitative estimate of drug-likeness (QED) is 0.0236. The number of rotatable bonds is 35. The molecule has 23 nitrogen and oxygen atoms in total. The van der Waals surface area contributed by atoms with Gasteiger partial charge in [0.2, 0.25) is 41.4 Å². The molecule has 0 spiro atoms. The van der Waals surface area contributed by atoms with E-state index in [1.165, 1.54) is 0 Å². The van der Waals surface area contributed by atoms with Crippen molar-refractivity contribution in [3.05, 3.63) is 35.9 Å². The highest BCUT2D eigenvalue weighted by Crippen LogP contribution is 2.11. The SMILES string of the molecule is CC(C)C[C@H](NC(=O)[C@H](CC(=O)O)NC(=O)[C@H](CCCCN)NC(=O)[C@@H](N)CS)C(=O)N[C@@H](CCCCN)C(=O)N[C@@H](CCCCN)C(=O)N[C@@H](CO)C(=O)N[C@@H](Cc1ccccc1)C(=O)O. The Bertz CT molecular complexity index is 1750. The summed E-state index contributed by atoms with van der Waals surface area (Å²) in [7, 11) is 0. The molecule has 0 aromatic heterocycles. The maximum absolute atomic E-state index is 14.0. The molecule has 0 aliphatic rings. The Labute approximate surface area is 396 Å². The molecule has 0 aliphatic carbocycles. The highest BCUT2D eigenvalue weighted by atomic mass is 32.1. The zero-order valence-electron chi connectivity index (χ0n) is 38.4. The summed E-state index contributed by atoms with van der Waals surface area (Å²) in [5, 5.41) is 46.9. The summed E-state index contributed by atoms with van der Waals surface area (Å²) in [6, 6.07) is -2.59. The number of hydrogen-bond donors (Lipinski definition) is 15. The van der Waals surface area contributed by atoms with E-state index in [9.17, 15) is 58.5 Å². The number of benzene rings is 1. The molecule has 67 heavy (non-hydrogen) atoms. The molecule has 378 valence electrons. The lowest BCUT2D eigenvalue weighted by atomic mass is 10.0. The van der Waals surface area contributed by atoms with E-state index >= 15 is 0 Å². The van der Waals surface area contributed by atoms with Gasteiger partial charge in [-0.2, -0.15) is 12.6 Å². The van der Waals surface area contributed by atoms with E-state index in [-0.39, 0.29) is 56.9 Å². The van der Waals surface area contributed by atoms with Crippen LogP contribution >= 0.6 is 12.6 Å². The van der Waals surface area contributed by atoms with Crippen LogP contribution < -0.4 is 60.2 Å². The van der Waals surface area contributed by atoms with E-state index in [1.54, 1.807) is 44.2 Å². The number of hydrogen-bond acceptors (Lipinski definition) is 15. The molecule has 0 saturated carbocycles. The molecule has 0 bridgehead atoms. The summed E-state index contributed by atoms with van der Waals surface area (Å²) in [5.41, 5.74) is 23.4. The third-order valence-corrected chi connectivity index (χ3v) is 10.7. The van der Waals surface area contributed by atoms with Crippen LogP contribution in [-0.2, 0) is 49.6 Å². The summed E-state index contributed by atoms with van der Waals surface area (Å²) in [5.74, 6) is -9.32. The molecule has 0 aliphatic heterocycles. The zero-order valence-corrected chi connectivity index (χ0v) is 39.3. The number of thiol groups is 1. The van der Waals surface area contributed by atoms with E-state index < -0.39 is 115 Å². The van der Waals surface area contributed by atoms with Crippen LogP contribution in [-0.4, -0.2) is 149 Å². The summed E-state index contributed by atoms with van der Waals surface area (Å²) in [6.45, 7) is 3.35. The first-order valence-corrected chi connectivity index (χ1v) is 23.1. The number of amides is 7. The zero-order chi connectivity index (χ0) is 50.5. The predicted molar refractivity (Wildman–Crippen MR) is 251 cm³/mol. The fraction of sp³-hybridized carbons (Fsp3) is 0.651. The maximum atomic E-state index is 14.0. The van der Waals surface area contributed by atoms with Gasteiger partial charge in [0.05, 0.1) is 19.1 Å². The van der Waals surface area contributed by atoms with Gasteiger partial charge in [0.1, 0.15) is 42.3 Å². The number of nitrogens with one attached hydrogen (secondary N) is 7. The van der Waals surface area contributed by atoms with Gasteiger partial charge >= 0.3 is 11.9 Å². The van der Waals surface area contributed by atoms with Crippen LogP contribution in [0.2, 0.25) is 0 Å². The van der Waals surface area contributed by atoms with E-state index in [0.717, 1.165) is 0 Å². The van der Waals surface area contributed by atoms with E-state index in [1.807, 2.05) is 0 Å². The van der Waals surface area contributed by atoms with Gasteiger partial charge in [0.15, 0.2) is 0 Å². The smallest absolute Gasteiger partial charge is 0.326 e. The molecular formula is C43H73N11O12S. The van der Waals surface area contributed by atoms with Crippen molar-refractivity contribution in [3.8, 4) is 0 Å². The number of carbonyl (C=O) groups excluding carboxylic acids is 7. The van der Waals surface area contributed by atoms with Crippen LogP contribution in [0.3, 0.4) is 0 Å². The van der Waals surface area contributed by atoms with Crippen molar-refractivity contribution in [2.45, 2.75) is 139 Å². The number of aliphatic hydroxyl groups is 1. The lowest BCUT2D eigenvalue weighted by molar-refractivity contribution is -0.142. The van der Waals surface area contributed by atoms with Crippen LogP contribution in [0.25, 0.3) is 0 Å². The number of carboxylic acids is 2. The summed E-state index contributed by atoms with van der Waals surface area (Å²) in [6.07, 6.45) is 1.51. The fourth-order valence-electron chi connectivity index (χ4n) is 6.61. The van der Waals surface area contributed by atoms with Gasteiger partial charge < -0.3 is 75.5 Å². The number of nitrogens with two attached hydrogens (primary N) is 4. The molecule has 8 atom stereocenters. The number of carbonyl (C=O) groups is 9. The second kappa shape index (κ2) is 33.1. The van der Waals surface area contributed by atoms with Gasteiger partial charge in [-0.25, -0.2) is 4.79 Å². The Morgan fingerprint density at radius 3 is 1.31 bits per heavy atom. The monoisotopic (exact) mass is 968 g/mol. The number of unbranched alkanes of at least 4 members (excludes halogenated alkanes) is 3. The number of carboxylic acid groups (broad SMARTS) is 2. The van der Waals surface area contributed by atoms with Crippen molar-refractivity contribution in [3.63, 3.8) is 0 Å². The molecule has 0 fully saturated rings. The average molecular weight is 968 g/mol. The average Bonchev–Trinajstić information content (AvgIpc) is 3.28. The van der Waals surface area contributed by atoms with Gasteiger partial charge in [-0.3, -0.25) is 38.4 Å². The molecule has 24 heteroatoms. The van der Waals surface area contributed by atoms with Gasteiger partial charge in [-0.05, 0) is 95.3 Å². The Morgan fingerprint density at radius 2 is 0.910 bits per heavy atom. The van der Waals surface area contributed by atoms with Gasteiger partial charge in [0.25, 0.3) is 0 Å². The summed E-state index contributed by atoms with van der Waals surface area (Å²) in [4.78, 5) is 119. The topological polar surface area (TPSA) is 403 Å². The highest BCUT2D eigenvalue weighted by molar-refractivity contribution is 7.80. The molecule has 0 heterocycles. The molecule has 1 rings (SSSR count). The Morgan fingerprint density at radius 1 is 0.537 bits per heavy atom. The molecule has 0 saturated heterocycles. The first-order chi connectivity index (χ1) is 31.8. The molecule has 0 radical (unpaired) electrons. The maximum Gasteiger partial charge on any atom is 0.326 e. The first kappa shape index (κ1) is 59.6. The fourth-order valence-corrected chi connectivity index (χ4v) is 6.78. The molecule has 1 aromatic carbocycles. The van der Waals surface area contributed by atoms with Gasteiger partial charge in [0, 0.05) is 12.2 Å². The normalized spacial score (nSPS) is 14.7. The molecule has 0 unspecified atom stereocenters. The van der Waals surface area contributed by atoms with Crippen LogP contribution in [0.15, 0.2) is 30.3 Å². The van der Waals surface area contributed by atoms with Crippen LogP contribution in [0.5, 0.6) is 0 Å². The second-order valence-electron chi connectivity index (χ2n) is 16.5. The Hall–Kier alpha value is -5.40. The van der Waals surface area contributed by atoms with E-state index in [0.29, 0.717) is 50.6 Å². The second-order valence-corrected chi connectivity index (χ2v) is 16.9. The minimum absolute atomic E-state index is 0.00599. The van der Waals surface area contributed by atoms with Crippen molar-refractivity contribution in [2.24, 2.45) is 28.9 Å². The third kappa shape index (κ3) is 23.8. The summed E-state index contributed by atoms with van der Waals surface area (Å²) < 4.78 is 0. The van der Waals surface area contributed by atoms with Crippen LogP contribution in [0.4, 0.5) is 0 Å². The van der Waals surface area contributed by atoms with Crippen LogP contribution in [0.1, 0.15) is 90.0 Å². The minimum Gasteiger partial charge on any atom is -0.481 e. The first-order valence-electron chi connectivity index (χ1n) is 22.5. The van der Waals surface area contributed by atoms with E-state index in [4.69, 9.17) is 22.9 Å². The van der Waals surface area contributed by atoms with Gasteiger partial charge in [-0.15, -0.1) is 0 Å². The number of aliphatic carboxylic acids is 2. The number of aliphatic hydroxyl groups excluding tert-OH is 1. The predicted octanol–water partition coefficient (Wildman–Crippen LogP) is -3.14. The Balaban J connectivity index is 3.37. The lowest BCUT2D eigenvalue weighted by Gasteiger charge is -2.28. The van der Waals surface area contributed by atoms with Crippen molar-refractivity contribution < 1.29 is 58.5 Å². The van der Waals surface area contributed by atoms with E-state index in [2.05, 4.69) is 49.8 Å². The van der Waals surface area contributed by atoms with Crippen LogP contribution in [0, 0.1) is 5.92 Å². The molecule has 18 N–H and O–H groups in total. The van der Waals surface area contributed by atoms with Gasteiger partial charge in [-0.1, -0.05) is 44.2 Å². The van der Waals surface area contributed by atoms with Crippen molar-refractivity contribution in [1.82, 2.24) is 37.2 Å². The third-order valence-electron chi connectivity index (χ3n) is 10.3. The summed E-state index contributed by atoms with van der Waals surface area (Å²) >= 11 is 4.01. The largest absolute Gasteiger partial charge is 0.481 e. The van der Waals surface area contributed by atoms with Crippen molar-refractivity contribution in [1.29, 1.82) is 0 Å². The molecule has 7 amide bonds. The molecule has 1 aromatic rings. The Kier molecular flexibility index (Phi) is 29.5. The lowest BCUT2D eigenvalue weighted by Crippen LogP contribution is -2.60. The van der Waals surface area contributed by atoms with Crippen molar-refractivity contribution in [2.75, 3.05) is 32.0 Å². The standard InChI is InChI=1S/C43H73N11O12S/c1-25(2)20-31(51-41(63)32(22-35(56)57)52-38(60)28(14-6-9-17-44)48-36(58)27(47)24-67)40(62)50-29(15-7-10-18-45)37(59)49-30(16-8-11-19-46)39(61)54-34(23-55)42(64)53-33(43(65)66)21-26-12-4-3-5-13-26/h3-5,12-13,25,27-34,55,67H,6-11,14-24,44-47H2,1-2H3,(H,48,58)(H,49,59)(H,50,62)(H,51,63)(H,52,60)(H,53,64)(H,54,61)(H,56,57)(H,65,66)/t27-,28-,29-,30-,31-,32-,33-,34-/m0/s1.